The van der Waals surface area contributed by atoms with E-state index in [9.17, 15) is 19.0 Å². The fraction of sp³-hybridized carbons (Fsp3) is 0.909. The van der Waals surface area contributed by atoms with E-state index in [1.54, 1.807) is 0 Å². The Morgan fingerprint density at radius 3 is 1.37 bits per heavy atom. The molecule has 0 amide bonds. The van der Waals surface area contributed by atoms with Gasteiger partial charge in [0.2, 0.25) is 0 Å². The highest BCUT2D eigenvalue weighted by molar-refractivity contribution is 7.45. The number of likely N-dealkylation sites (N-methyl/N-ethyl adjacent to an activating group) is 1. The average molecular weight is 788 g/mol. The predicted molar refractivity (Wildman–Crippen MR) is 222 cm³/mol. The third-order valence-corrected chi connectivity index (χ3v) is 10.7. The van der Waals surface area contributed by atoms with E-state index in [-0.39, 0.29) is 32.0 Å². The second kappa shape index (κ2) is 37.3. The number of ether oxygens (including phenoxy) is 2. The molecule has 0 saturated heterocycles. The van der Waals surface area contributed by atoms with Crippen LogP contribution >= 0.6 is 7.82 Å². The second-order valence-electron chi connectivity index (χ2n) is 16.4. The van der Waals surface area contributed by atoms with Crippen molar-refractivity contribution in [2.24, 2.45) is 0 Å². The minimum absolute atomic E-state index is 0.0279. The average Bonchev–Trinajstić information content (AvgIpc) is 3.12. The molecule has 9 nitrogen and oxygen atoms in total. The van der Waals surface area contributed by atoms with Crippen molar-refractivity contribution in [1.29, 1.82) is 0 Å². The van der Waals surface area contributed by atoms with Crippen LogP contribution < -0.4 is 4.89 Å². The van der Waals surface area contributed by atoms with Gasteiger partial charge in [0, 0.05) is 12.8 Å². The van der Waals surface area contributed by atoms with Crippen molar-refractivity contribution >= 4 is 19.8 Å². The number of hydrogen-bond donors (Lipinski definition) is 0. The lowest BCUT2D eigenvalue weighted by Gasteiger charge is -2.28. The number of nitrogens with zero attached hydrogens (tertiary/aromatic N) is 1. The van der Waals surface area contributed by atoms with E-state index in [1.807, 2.05) is 21.1 Å². The van der Waals surface area contributed by atoms with Gasteiger partial charge in [-0.3, -0.25) is 14.2 Å². The van der Waals surface area contributed by atoms with Gasteiger partial charge in [-0.05, 0) is 38.5 Å². The quantitative estimate of drug-likeness (QED) is 0.0198. The van der Waals surface area contributed by atoms with Crippen molar-refractivity contribution in [2.45, 2.75) is 213 Å². The van der Waals surface area contributed by atoms with Gasteiger partial charge in [0.05, 0.1) is 27.7 Å². The van der Waals surface area contributed by atoms with Crippen LogP contribution in [0.25, 0.3) is 0 Å². The Kier molecular flexibility index (Phi) is 36.5. The SMILES string of the molecule is CCCCCCCC/C=C/CCCCCCCCCCCC(=O)OC[C@@H](COP(=O)([O-])OCC[N+](C)(C)C)OC(=O)CCCCCCCCCCCCC. The highest BCUT2D eigenvalue weighted by atomic mass is 31.2. The Morgan fingerprint density at radius 2 is 0.944 bits per heavy atom. The lowest BCUT2D eigenvalue weighted by molar-refractivity contribution is -0.870. The van der Waals surface area contributed by atoms with Crippen LogP contribution in [-0.2, 0) is 32.7 Å². The number of quaternary nitrogens is 1. The van der Waals surface area contributed by atoms with Gasteiger partial charge in [-0.1, -0.05) is 167 Å². The Hall–Kier alpha value is -1.25. The number of hydrogen-bond acceptors (Lipinski definition) is 8. The first-order valence-electron chi connectivity index (χ1n) is 22.4. The van der Waals surface area contributed by atoms with Gasteiger partial charge in [0.15, 0.2) is 6.10 Å². The van der Waals surface area contributed by atoms with Crippen LogP contribution in [0.1, 0.15) is 206 Å². The van der Waals surface area contributed by atoms with Crippen LogP contribution in [-0.4, -0.2) is 70.0 Å². The number of carbonyl (C=O) groups excluding carboxylic acids is 2. The Balaban J connectivity index is 4.26. The highest BCUT2D eigenvalue weighted by Gasteiger charge is 2.21. The van der Waals surface area contributed by atoms with E-state index >= 15 is 0 Å². The van der Waals surface area contributed by atoms with Gasteiger partial charge in [-0.2, -0.15) is 0 Å². The lowest BCUT2D eigenvalue weighted by Crippen LogP contribution is -2.37. The minimum atomic E-state index is -4.62. The molecule has 0 rings (SSSR count). The molecule has 54 heavy (non-hydrogen) atoms. The standard InChI is InChI=1S/C44H86NO8P/c1-6-8-10-12-14-16-18-19-20-21-22-23-24-25-27-28-30-32-34-36-43(46)50-40-42(41-52-54(48,49)51-39-38-45(3,4)5)53-44(47)37-35-33-31-29-26-17-15-13-11-9-7-2/h19-20,42H,6-18,21-41H2,1-5H3/b20-19+/t42-/m0/s1. The molecule has 0 fully saturated rings. The van der Waals surface area contributed by atoms with E-state index in [2.05, 4.69) is 26.0 Å². The van der Waals surface area contributed by atoms with Crippen molar-refractivity contribution in [3.05, 3.63) is 12.2 Å². The van der Waals surface area contributed by atoms with E-state index in [0.29, 0.717) is 17.4 Å². The lowest BCUT2D eigenvalue weighted by atomic mass is 10.1. The molecule has 0 saturated carbocycles. The van der Waals surface area contributed by atoms with Crippen LogP contribution in [0.3, 0.4) is 0 Å². The van der Waals surface area contributed by atoms with Crippen LogP contribution in [0.15, 0.2) is 12.2 Å². The molecular formula is C44H86NO8P. The van der Waals surface area contributed by atoms with E-state index < -0.39 is 26.5 Å². The van der Waals surface area contributed by atoms with Crippen molar-refractivity contribution in [1.82, 2.24) is 0 Å². The molecule has 0 aliphatic carbocycles. The summed E-state index contributed by atoms with van der Waals surface area (Å²) in [5.74, 6) is -0.829. The molecule has 0 aromatic carbocycles. The summed E-state index contributed by atoms with van der Waals surface area (Å²) in [6.45, 7) is 4.23. The summed E-state index contributed by atoms with van der Waals surface area (Å²) in [6.07, 6.45) is 38.1. The van der Waals surface area contributed by atoms with Crippen molar-refractivity contribution in [3.8, 4) is 0 Å². The van der Waals surface area contributed by atoms with Crippen LogP contribution in [0.4, 0.5) is 0 Å². The molecule has 0 N–H and O–H groups in total. The highest BCUT2D eigenvalue weighted by Crippen LogP contribution is 2.38. The molecule has 2 atom stereocenters. The Labute approximate surface area is 333 Å². The maximum absolute atomic E-state index is 12.6. The fourth-order valence-electron chi connectivity index (χ4n) is 6.24. The zero-order valence-corrected chi connectivity index (χ0v) is 36.8. The van der Waals surface area contributed by atoms with Gasteiger partial charge in [0.25, 0.3) is 7.82 Å². The van der Waals surface area contributed by atoms with Gasteiger partial charge >= 0.3 is 11.9 Å². The summed E-state index contributed by atoms with van der Waals surface area (Å²) in [5.41, 5.74) is 0. The predicted octanol–water partition coefficient (Wildman–Crippen LogP) is 11.9. The molecule has 320 valence electrons. The van der Waals surface area contributed by atoms with Crippen molar-refractivity contribution in [3.63, 3.8) is 0 Å². The number of unbranched alkanes of at least 4 members (excludes halogenated alkanes) is 25. The van der Waals surface area contributed by atoms with E-state index in [0.717, 1.165) is 32.1 Å². The molecule has 0 aromatic heterocycles. The summed E-state index contributed by atoms with van der Waals surface area (Å²) < 4.78 is 33.9. The third-order valence-electron chi connectivity index (χ3n) is 9.79. The number of phosphoric ester groups is 1. The van der Waals surface area contributed by atoms with E-state index in [1.165, 1.54) is 141 Å². The molecule has 1 unspecified atom stereocenters. The first-order valence-corrected chi connectivity index (χ1v) is 23.9. The first kappa shape index (κ1) is 52.8. The smallest absolute Gasteiger partial charge is 0.306 e. The largest absolute Gasteiger partial charge is 0.756 e. The Bertz CT molecular complexity index is 938. The third kappa shape index (κ3) is 40.4. The normalized spacial score (nSPS) is 13.7. The van der Waals surface area contributed by atoms with Gasteiger partial charge in [-0.25, -0.2) is 0 Å². The number of carbonyl (C=O) groups is 2. The summed E-state index contributed by atoms with van der Waals surface area (Å²) in [4.78, 5) is 37.5. The maximum atomic E-state index is 12.6. The molecule has 0 aliphatic heterocycles. The molecule has 0 heterocycles. The number of esters is 2. The molecule has 10 heteroatoms. The summed E-state index contributed by atoms with van der Waals surface area (Å²) >= 11 is 0. The molecule has 0 aromatic rings. The molecule has 0 radical (unpaired) electrons. The van der Waals surface area contributed by atoms with E-state index in [4.69, 9.17) is 18.5 Å². The summed E-state index contributed by atoms with van der Waals surface area (Å²) in [5, 5.41) is 0. The monoisotopic (exact) mass is 788 g/mol. The second-order valence-corrected chi connectivity index (χ2v) is 17.8. The maximum Gasteiger partial charge on any atom is 0.306 e. The van der Waals surface area contributed by atoms with Gasteiger partial charge < -0.3 is 27.9 Å². The number of phosphoric acid groups is 1. The summed E-state index contributed by atoms with van der Waals surface area (Å²) in [7, 11) is 1.17. The summed E-state index contributed by atoms with van der Waals surface area (Å²) in [6, 6.07) is 0. The molecule has 0 aliphatic rings. The Morgan fingerprint density at radius 1 is 0.556 bits per heavy atom. The van der Waals surface area contributed by atoms with Crippen molar-refractivity contribution < 1.29 is 42.1 Å². The number of allylic oxidation sites excluding steroid dienone is 2. The van der Waals surface area contributed by atoms with Crippen molar-refractivity contribution in [2.75, 3.05) is 47.5 Å². The fourth-order valence-corrected chi connectivity index (χ4v) is 6.97. The molecule has 0 spiro atoms. The molecular weight excluding hydrogens is 701 g/mol. The van der Waals surface area contributed by atoms with Crippen LogP contribution in [0, 0.1) is 0 Å². The number of rotatable bonds is 41. The topological polar surface area (TPSA) is 111 Å². The van der Waals surface area contributed by atoms with Gasteiger partial charge in [0.1, 0.15) is 19.8 Å². The van der Waals surface area contributed by atoms with Gasteiger partial charge in [-0.15, -0.1) is 0 Å². The first-order chi connectivity index (χ1) is 26.0. The van der Waals surface area contributed by atoms with Crippen LogP contribution in [0.2, 0.25) is 0 Å². The van der Waals surface area contributed by atoms with Crippen LogP contribution in [0.5, 0.6) is 0 Å². The zero-order chi connectivity index (χ0) is 40.0. The minimum Gasteiger partial charge on any atom is -0.756 e. The zero-order valence-electron chi connectivity index (χ0n) is 35.9. The molecule has 0 bridgehead atoms.